The molecule has 2 aromatic rings. The number of carbonyl (C=O) groups excluding carboxylic acids is 2. The maximum absolute atomic E-state index is 12.5. The number of anilines is 1. The van der Waals surface area contributed by atoms with E-state index in [1.807, 2.05) is 12.1 Å². The first-order valence-corrected chi connectivity index (χ1v) is 7.77. The summed E-state index contributed by atoms with van der Waals surface area (Å²) in [6.45, 7) is 0.198. The number of benzene rings is 2. The molecule has 5 nitrogen and oxygen atoms in total. The topological polar surface area (TPSA) is 55.8 Å². The van der Waals surface area contributed by atoms with Gasteiger partial charge in [-0.25, -0.2) is 4.90 Å². The zero-order valence-corrected chi connectivity index (χ0v) is 12.7. The van der Waals surface area contributed by atoms with E-state index in [2.05, 4.69) is 0 Å². The summed E-state index contributed by atoms with van der Waals surface area (Å²) < 4.78 is 10.6. The van der Waals surface area contributed by atoms with Crippen molar-refractivity contribution in [1.82, 2.24) is 0 Å². The molecule has 0 unspecified atom stereocenters. The molecule has 0 N–H and O–H groups in total. The van der Waals surface area contributed by atoms with Gasteiger partial charge in [-0.15, -0.1) is 0 Å². The molecule has 0 aliphatic carbocycles. The summed E-state index contributed by atoms with van der Waals surface area (Å²) in [7, 11) is 0. The van der Waals surface area contributed by atoms with Crippen molar-refractivity contribution in [3.63, 3.8) is 0 Å². The number of hydrogen-bond acceptors (Lipinski definition) is 5. The number of imide groups is 1. The van der Waals surface area contributed by atoms with E-state index in [0.29, 0.717) is 22.1 Å². The van der Waals surface area contributed by atoms with E-state index in [1.165, 1.54) is 4.90 Å². The zero-order chi connectivity index (χ0) is 15.8. The van der Waals surface area contributed by atoms with Crippen LogP contribution in [0.3, 0.4) is 0 Å². The van der Waals surface area contributed by atoms with Gasteiger partial charge in [-0.3, -0.25) is 9.59 Å². The second-order valence-electron chi connectivity index (χ2n) is 4.97. The minimum atomic E-state index is -0.316. The van der Waals surface area contributed by atoms with E-state index in [1.54, 1.807) is 42.5 Å². The predicted octanol–water partition coefficient (Wildman–Crippen LogP) is 3.66. The highest BCUT2D eigenvalue weighted by molar-refractivity contribution is 8.19. The number of nitrogens with zero attached hydrogens (tertiary/aromatic N) is 1. The molecule has 0 bridgehead atoms. The first-order chi connectivity index (χ1) is 11.2. The lowest BCUT2D eigenvalue weighted by molar-refractivity contribution is -0.113. The smallest absolute Gasteiger partial charge is 0.298 e. The molecule has 2 amide bonds. The molecule has 4 rings (SSSR count). The third-order valence-electron chi connectivity index (χ3n) is 3.50. The Morgan fingerprint density at radius 1 is 1.00 bits per heavy atom. The van der Waals surface area contributed by atoms with Crippen LogP contribution in [-0.2, 0) is 4.79 Å². The summed E-state index contributed by atoms with van der Waals surface area (Å²) in [6, 6.07) is 14.3. The standard InChI is InChI=1S/C17H11NO4S/c19-16-15(9-11-6-7-13-14(8-11)22-10-21-13)23-17(20)18(16)12-4-2-1-3-5-12/h1-9H,10H2/b15-9-. The van der Waals surface area contributed by atoms with Crippen LogP contribution in [0.2, 0.25) is 0 Å². The maximum Gasteiger partial charge on any atom is 0.298 e. The van der Waals surface area contributed by atoms with Crippen LogP contribution in [0, 0.1) is 0 Å². The van der Waals surface area contributed by atoms with Crippen molar-refractivity contribution >= 4 is 34.7 Å². The minimum Gasteiger partial charge on any atom is -0.454 e. The average molecular weight is 325 g/mol. The summed E-state index contributed by atoms with van der Waals surface area (Å²) >= 11 is 0.931. The predicted molar refractivity (Wildman–Crippen MR) is 87.5 cm³/mol. The number of ether oxygens (including phenoxy) is 2. The second kappa shape index (κ2) is 5.48. The molecule has 0 aromatic heterocycles. The molecule has 6 heteroatoms. The van der Waals surface area contributed by atoms with Crippen molar-refractivity contribution < 1.29 is 19.1 Å². The lowest BCUT2D eigenvalue weighted by Crippen LogP contribution is -2.27. The Balaban J connectivity index is 1.65. The average Bonchev–Trinajstić information content (AvgIpc) is 3.13. The molecule has 23 heavy (non-hydrogen) atoms. The number of para-hydroxylation sites is 1. The monoisotopic (exact) mass is 325 g/mol. The van der Waals surface area contributed by atoms with Gasteiger partial charge in [-0.1, -0.05) is 24.3 Å². The molecule has 2 aromatic carbocycles. The number of rotatable bonds is 2. The van der Waals surface area contributed by atoms with Crippen LogP contribution in [0.4, 0.5) is 10.5 Å². The fourth-order valence-corrected chi connectivity index (χ4v) is 3.26. The van der Waals surface area contributed by atoms with Crippen LogP contribution in [0.15, 0.2) is 53.4 Å². The SMILES string of the molecule is O=C1S/C(=C\c2ccc3c(c2)OCO3)C(=O)N1c1ccccc1. The molecule has 2 heterocycles. The molecule has 0 radical (unpaired) electrons. The number of hydrogen-bond donors (Lipinski definition) is 0. The lowest BCUT2D eigenvalue weighted by Gasteiger charge is -2.11. The van der Waals surface area contributed by atoms with Gasteiger partial charge in [0.2, 0.25) is 6.79 Å². The summed E-state index contributed by atoms with van der Waals surface area (Å²) in [5, 5.41) is -0.298. The lowest BCUT2D eigenvalue weighted by atomic mass is 10.2. The molecule has 0 atom stereocenters. The van der Waals surface area contributed by atoms with Crippen LogP contribution in [0.5, 0.6) is 11.5 Å². The molecule has 2 aliphatic heterocycles. The quantitative estimate of drug-likeness (QED) is 0.789. The first kappa shape index (κ1) is 13.9. The number of amides is 2. The first-order valence-electron chi connectivity index (χ1n) is 6.95. The van der Waals surface area contributed by atoms with Crippen molar-refractivity contribution in [3.05, 3.63) is 59.0 Å². The minimum absolute atomic E-state index is 0.198. The molecular weight excluding hydrogens is 314 g/mol. The molecule has 1 saturated heterocycles. The summed E-state index contributed by atoms with van der Waals surface area (Å²) in [5.41, 5.74) is 1.36. The molecule has 114 valence electrons. The van der Waals surface area contributed by atoms with Crippen LogP contribution in [0.1, 0.15) is 5.56 Å². The highest BCUT2D eigenvalue weighted by atomic mass is 32.2. The molecule has 0 spiro atoms. The Bertz CT molecular complexity index is 832. The summed E-state index contributed by atoms with van der Waals surface area (Å²) in [5.74, 6) is 1.00. The molecule has 2 aliphatic rings. The summed E-state index contributed by atoms with van der Waals surface area (Å²) in [6.07, 6.45) is 1.69. The molecule has 1 fully saturated rings. The van der Waals surface area contributed by atoms with Gasteiger partial charge in [-0.2, -0.15) is 0 Å². The fraction of sp³-hybridized carbons (Fsp3) is 0.0588. The van der Waals surface area contributed by atoms with Gasteiger partial charge in [0.15, 0.2) is 11.5 Å². The normalized spacial score (nSPS) is 18.1. The van der Waals surface area contributed by atoms with Gasteiger partial charge >= 0.3 is 0 Å². The van der Waals surface area contributed by atoms with E-state index in [9.17, 15) is 9.59 Å². The van der Waals surface area contributed by atoms with Crippen LogP contribution >= 0.6 is 11.8 Å². The van der Waals surface area contributed by atoms with Crippen molar-refractivity contribution in [1.29, 1.82) is 0 Å². The Labute approximate surface area is 136 Å². The van der Waals surface area contributed by atoms with E-state index in [-0.39, 0.29) is 17.9 Å². The third-order valence-corrected chi connectivity index (χ3v) is 4.37. The highest BCUT2D eigenvalue weighted by Gasteiger charge is 2.36. The van der Waals surface area contributed by atoms with E-state index in [0.717, 1.165) is 17.3 Å². The Morgan fingerprint density at radius 3 is 2.61 bits per heavy atom. The van der Waals surface area contributed by atoms with Crippen molar-refractivity contribution in [2.75, 3.05) is 11.7 Å². The Hall–Kier alpha value is -2.73. The van der Waals surface area contributed by atoms with E-state index < -0.39 is 0 Å². The Morgan fingerprint density at radius 2 is 1.78 bits per heavy atom. The van der Waals surface area contributed by atoms with Gasteiger partial charge in [0, 0.05) is 0 Å². The highest BCUT2D eigenvalue weighted by Crippen LogP contribution is 2.37. The van der Waals surface area contributed by atoms with Crippen molar-refractivity contribution in [2.45, 2.75) is 0 Å². The van der Waals surface area contributed by atoms with Crippen LogP contribution < -0.4 is 14.4 Å². The maximum atomic E-state index is 12.5. The number of carbonyl (C=O) groups is 2. The number of thioether (sulfide) groups is 1. The van der Waals surface area contributed by atoms with Crippen LogP contribution in [-0.4, -0.2) is 17.9 Å². The van der Waals surface area contributed by atoms with E-state index >= 15 is 0 Å². The van der Waals surface area contributed by atoms with Crippen molar-refractivity contribution in [2.24, 2.45) is 0 Å². The fourth-order valence-electron chi connectivity index (χ4n) is 2.42. The van der Waals surface area contributed by atoms with E-state index in [4.69, 9.17) is 9.47 Å². The number of fused-ring (bicyclic) bond motifs is 1. The zero-order valence-electron chi connectivity index (χ0n) is 11.9. The van der Waals surface area contributed by atoms with Gasteiger partial charge in [0.1, 0.15) is 0 Å². The molecular formula is C17H11NO4S. The van der Waals surface area contributed by atoms with Gasteiger partial charge in [0.05, 0.1) is 10.6 Å². The van der Waals surface area contributed by atoms with Gasteiger partial charge < -0.3 is 9.47 Å². The van der Waals surface area contributed by atoms with Crippen LogP contribution in [0.25, 0.3) is 6.08 Å². The Kier molecular flexibility index (Phi) is 3.31. The summed E-state index contributed by atoms with van der Waals surface area (Å²) in [4.78, 5) is 26.2. The third kappa shape index (κ3) is 2.47. The second-order valence-corrected chi connectivity index (χ2v) is 5.96. The van der Waals surface area contributed by atoms with Crippen molar-refractivity contribution in [3.8, 4) is 11.5 Å². The van der Waals surface area contributed by atoms with Gasteiger partial charge in [-0.05, 0) is 47.7 Å². The van der Waals surface area contributed by atoms with Gasteiger partial charge in [0.25, 0.3) is 11.1 Å². The largest absolute Gasteiger partial charge is 0.454 e. The molecule has 0 saturated carbocycles.